The van der Waals surface area contributed by atoms with Crippen molar-refractivity contribution in [3.05, 3.63) is 35.4 Å². The lowest BCUT2D eigenvalue weighted by atomic mass is 10.1. The highest BCUT2D eigenvalue weighted by molar-refractivity contribution is 5.79. The van der Waals surface area contributed by atoms with Crippen LogP contribution in [-0.2, 0) is 16.0 Å². The lowest BCUT2D eigenvalue weighted by Crippen LogP contribution is -2.38. The molecule has 1 aromatic rings. The lowest BCUT2D eigenvalue weighted by Gasteiger charge is -2.20. The summed E-state index contributed by atoms with van der Waals surface area (Å²) in [6, 6.07) is 7.87. The fourth-order valence-corrected chi connectivity index (χ4v) is 2.07. The van der Waals surface area contributed by atoms with E-state index in [1.807, 2.05) is 38.1 Å². The maximum absolute atomic E-state index is 11.9. The van der Waals surface area contributed by atoms with E-state index in [0.717, 1.165) is 24.1 Å². The van der Waals surface area contributed by atoms with Gasteiger partial charge < -0.3 is 10.2 Å². The summed E-state index contributed by atoms with van der Waals surface area (Å²) in [5, 5.41) is 2.87. The summed E-state index contributed by atoms with van der Waals surface area (Å²) >= 11 is 0. The van der Waals surface area contributed by atoms with Crippen molar-refractivity contribution in [1.29, 1.82) is 0 Å². The molecule has 0 heterocycles. The van der Waals surface area contributed by atoms with E-state index in [-0.39, 0.29) is 11.8 Å². The van der Waals surface area contributed by atoms with Crippen molar-refractivity contribution in [3.8, 4) is 0 Å². The van der Waals surface area contributed by atoms with E-state index in [2.05, 4.69) is 5.32 Å². The second-order valence-electron chi connectivity index (χ2n) is 4.96. The highest BCUT2D eigenvalue weighted by Crippen LogP contribution is 2.07. The van der Waals surface area contributed by atoms with Crippen LogP contribution in [0.2, 0.25) is 0 Å². The molecule has 0 saturated heterocycles. The van der Waals surface area contributed by atoms with Gasteiger partial charge in [-0.3, -0.25) is 9.59 Å². The van der Waals surface area contributed by atoms with Crippen molar-refractivity contribution in [2.45, 2.75) is 33.6 Å². The molecule has 0 aliphatic heterocycles. The van der Waals surface area contributed by atoms with Gasteiger partial charge in [0.1, 0.15) is 0 Å². The van der Waals surface area contributed by atoms with Crippen LogP contribution in [0.25, 0.3) is 0 Å². The normalized spacial score (nSPS) is 10.2. The smallest absolute Gasteiger partial charge is 0.224 e. The second kappa shape index (κ2) is 8.35. The Morgan fingerprint density at radius 2 is 1.90 bits per heavy atom. The standard InChI is InChI=1S/C16H24N2O2/c1-4-10-18(14(3)19)11-9-17-16(20)12-15-8-6-5-7-13(15)2/h5-8H,4,9-12H2,1-3H3,(H,17,20). The predicted octanol–water partition coefficient (Wildman–Crippen LogP) is 1.91. The molecule has 0 fully saturated rings. The Hall–Kier alpha value is -1.84. The third-order valence-electron chi connectivity index (χ3n) is 3.26. The lowest BCUT2D eigenvalue weighted by molar-refractivity contribution is -0.129. The predicted molar refractivity (Wildman–Crippen MR) is 80.4 cm³/mol. The topological polar surface area (TPSA) is 49.4 Å². The van der Waals surface area contributed by atoms with Crippen LogP contribution in [-0.4, -0.2) is 36.3 Å². The summed E-state index contributed by atoms with van der Waals surface area (Å²) < 4.78 is 0. The summed E-state index contributed by atoms with van der Waals surface area (Å²) in [5.41, 5.74) is 2.17. The highest BCUT2D eigenvalue weighted by atomic mass is 16.2. The zero-order chi connectivity index (χ0) is 15.0. The molecule has 0 atom stereocenters. The first-order valence-corrected chi connectivity index (χ1v) is 7.11. The average Bonchev–Trinajstić information content (AvgIpc) is 2.40. The quantitative estimate of drug-likeness (QED) is 0.827. The van der Waals surface area contributed by atoms with Crippen molar-refractivity contribution in [2.75, 3.05) is 19.6 Å². The van der Waals surface area contributed by atoms with Gasteiger partial charge in [-0.05, 0) is 24.5 Å². The molecule has 1 aromatic carbocycles. The van der Waals surface area contributed by atoms with Gasteiger partial charge in [0.25, 0.3) is 0 Å². The van der Waals surface area contributed by atoms with Gasteiger partial charge in [-0.25, -0.2) is 0 Å². The van der Waals surface area contributed by atoms with Gasteiger partial charge in [-0.15, -0.1) is 0 Å². The molecule has 0 bridgehead atoms. The largest absolute Gasteiger partial charge is 0.354 e. The number of carbonyl (C=O) groups is 2. The first-order chi connectivity index (χ1) is 9.54. The summed E-state index contributed by atoms with van der Waals surface area (Å²) in [7, 11) is 0. The van der Waals surface area contributed by atoms with Gasteiger partial charge in [0.2, 0.25) is 11.8 Å². The van der Waals surface area contributed by atoms with Crippen molar-refractivity contribution in [2.24, 2.45) is 0 Å². The monoisotopic (exact) mass is 276 g/mol. The van der Waals surface area contributed by atoms with Crippen LogP contribution in [0, 0.1) is 6.92 Å². The van der Waals surface area contributed by atoms with E-state index >= 15 is 0 Å². The first-order valence-electron chi connectivity index (χ1n) is 7.11. The minimum absolute atomic E-state index is 0.000648. The molecular formula is C16H24N2O2. The zero-order valence-corrected chi connectivity index (χ0v) is 12.6. The molecule has 2 amide bonds. The highest BCUT2D eigenvalue weighted by Gasteiger charge is 2.09. The average molecular weight is 276 g/mol. The van der Waals surface area contributed by atoms with Gasteiger partial charge in [0, 0.05) is 26.6 Å². The van der Waals surface area contributed by atoms with Crippen LogP contribution in [0.3, 0.4) is 0 Å². The molecule has 1 N–H and O–H groups in total. The van der Waals surface area contributed by atoms with E-state index in [1.165, 1.54) is 0 Å². The molecule has 0 spiro atoms. The molecule has 0 aliphatic carbocycles. The van der Waals surface area contributed by atoms with Crippen molar-refractivity contribution < 1.29 is 9.59 Å². The van der Waals surface area contributed by atoms with Crippen LogP contribution in [0.4, 0.5) is 0 Å². The molecule has 110 valence electrons. The Bertz CT molecular complexity index is 458. The fraction of sp³-hybridized carbons (Fsp3) is 0.500. The molecule has 0 radical (unpaired) electrons. The van der Waals surface area contributed by atoms with Crippen LogP contribution >= 0.6 is 0 Å². The van der Waals surface area contributed by atoms with Gasteiger partial charge in [-0.1, -0.05) is 31.2 Å². The summed E-state index contributed by atoms with van der Waals surface area (Å²) in [4.78, 5) is 25.0. The van der Waals surface area contributed by atoms with Gasteiger partial charge in [0.15, 0.2) is 0 Å². The minimum atomic E-state index is -0.000648. The van der Waals surface area contributed by atoms with E-state index in [4.69, 9.17) is 0 Å². The molecule has 0 aliphatic rings. The SMILES string of the molecule is CCCN(CCNC(=O)Cc1ccccc1C)C(C)=O. The Labute approximate surface area is 121 Å². The van der Waals surface area contributed by atoms with Crippen molar-refractivity contribution in [1.82, 2.24) is 10.2 Å². The fourth-order valence-electron chi connectivity index (χ4n) is 2.07. The number of rotatable bonds is 7. The number of amides is 2. The Balaban J connectivity index is 2.37. The molecule has 0 saturated carbocycles. The Morgan fingerprint density at radius 3 is 2.50 bits per heavy atom. The number of hydrogen-bond acceptors (Lipinski definition) is 2. The number of hydrogen-bond donors (Lipinski definition) is 1. The number of aryl methyl sites for hydroxylation is 1. The molecule has 0 aromatic heterocycles. The zero-order valence-electron chi connectivity index (χ0n) is 12.6. The van der Waals surface area contributed by atoms with Crippen LogP contribution < -0.4 is 5.32 Å². The summed E-state index contributed by atoms with van der Waals surface area (Å²) in [6.45, 7) is 7.41. The van der Waals surface area contributed by atoms with Gasteiger partial charge in [-0.2, -0.15) is 0 Å². The van der Waals surface area contributed by atoms with Gasteiger partial charge >= 0.3 is 0 Å². The Kier molecular flexibility index (Phi) is 6.77. The number of nitrogens with one attached hydrogen (secondary N) is 1. The van der Waals surface area contributed by atoms with Crippen molar-refractivity contribution in [3.63, 3.8) is 0 Å². The minimum Gasteiger partial charge on any atom is -0.354 e. The maximum Gasteiger partial charge on any atom is 0.224 e. The molecular weight excluding hydrogens is 252 g/mol. The van der Waals surface area contributed by atoms with Crippen LogP contribution in [0.5, 0.6) is 0 Å². The first kappa shape index (κ1) is 16.2. The van der Waals surface area contributed by atoms with E-state index in [9.17, 15) is 9.59 Å². The molecule has 4 heteroatoms. The van der Waals surface area contributed by atoms with Crippen molar-refractivity contribution >= 4 is 11.8 Å². The van der Waals surface area contributed by atoms with E-state index in [0.29, 0.717) is 19.5 Å². The molecule has 4 nitrogen and oxygen atoms in total. The molecule has 20 heavy (non-hydrogen) atoms. The van der Waals surface area contributed by atoms with Crippen LogP contribution in [0.1, 0.15) is 31.4 Å². The third kappa shape index (κ3) is 5.43. The summed E-state index contributed by atoms with van der Waals surface area (Å²) in [6.07, 6.45) is 1.32. The van der Waals surface area contributed by atoms with Crippen LogP contribution in [0.15, 0.2) is 24.3 Å². The van der Waals surface area contributed by atoms with Gasteiger partial charge in [0.05, 0.1) is 6.42 Å². The number of nitrogens with zero attached hydrogens (tertiary/aromatic N) is 1. The molecule has 0 unspecified atom stereocenters. The second-order valence-corrected chi connectivity index (χ2v) is 4.96. The Morgan fingerprint density at radius 1 is 1.20 bits per heavy atom. The van der Waals surface area contributed by atoms with E-state index < -0.39 is 0 Å². The maximum atomic E-state index is 11.9. The summed E-state index contributed by atoms with van der Waals surface area (Å²) in [5.74, 6) is 0.0549. The number of benzene rings is 1. The number of carbonyl (C=O) groups excluding carboxylic acids is 2. The molecule has 1 rings (SSSR count). The van der Waals surface area contributed by atoms with E-state index in [1.54, 1.807) is 11.8 Å². The third-order valence-corrected chi connectivity index (χ3v) is 3.26.